The smallest absolute Gasteiger partial charge is 0.372 e. The second-order valence-corrected chi connectivity index (χ2v) is 7.79. The standard InChI is InChI=1S/C18H30F9N2O/c1-4-5-6-7-8-9-12-29(2,3)13-10-11-28-14(30)15(19,20)16(21,22)17(23,24)18(25,26)27/h8-9,14,28,30H,4-7,10-13H2,1-3H3/q+1/b9-8+. The van der Waals surface area contributed by atoms with Crippen molar-refractivity contribution in [3.63, 3.8) is 0 Å². The average molecular weight is 461 g/mol. The van der Waals surface area contributed by atoms with Gasteiger partial charge >= 0.3 is 23.9 Å². The van der Waals surface area contributed by atoms with Crippen LogP contribution in [0.3, 0.4) is 0 Å². The predicted molar refractivity (Wildman–Crippen MR) is 94.6 cm³/mol. The van der Waals surface area contributed by atoms with Gasteiger partial charge in [-0.1, -0.05) is 25.8 Å². The molecule has 1 atom stereocenters. The van der Waals surface area contributed by atoms with Crippen molar-refractivity contribution in [3.05, 3.63) is 12.2 Å². The number of nitrogens with zero attached hydrogens (tertiary/aromatic N) is 1. The van der Waals surface area contributed by atoms with Crippen LogP contribution >= 0.6 is 0 Å². The second kappa shape index (κ2) is 11.0. The summed E-state index contributed by atoms with van der Waals surface area (Å²) >= 11 is 0. The van der Waals surface area contributed by atoms with Gasteiger partial charge in [0.05, 0.1) is 27.2 Å². The Bertz CT molecular complexity index is 534. The fourth-order valence-corrected chi connectivity index (χ4v) is 2.51. The normalized spacial score (nSPS) is 15.8. The van der Waals surface area contributed by atoms with E-state index in [9.17, 15) is 39.5 Å². The van der Waals surface area contributed by atoms with E-state index in [2.05, 4.69) is 6.92 Å². The van der Waals surface area contributed by atoms with Crippen LogP contribution in [0.2, 0.25) is 0 Å². The Morgan fingerprint density at radius 1 is 0.867 bits per heavy atom. The summed E-state index contributed by atoms with van der Waals surface area (Å²) in [5.74, 6) is -19.9. The zero-order valence-corrected chi connectivity index (χ0v) is 17.2. The lowest BCUT2D eigenvalue weighted by atomic mass is 10.0. The van der Waals surface area contributed by atoms with Gasteiger partial charge in [0.25, 0.3) is 0 Å². The number of hydrogen-bond donors (Lipinski definition) is 2. The Balaban J connectivity index is 4.66. The lowest BCUT2D eigenvalue weighted by molar-refractivity contribution is -0.884. The fourth-order valence-electron chi connectivity index (χ4n) is 2.51. The lowest BCUT2D eigenvalue weighted by Crippen LogP contribution is -2.66. The van der Waals surface area contributed by atoms with Crippen LogP contribution < -0.4 is 5.32 Å². The molecule has 0 aromatic rings. The molecule has 0 fully saturated rings. The molecule has 0 aliphatic carbocycles. The van der Waals surface area contributed by atoms with Crippen molar-refractivity contribution in [2.45, 2.75) is 69.2 Å². The monoisotopic (exact) mass is 461 g/mol. The summed E-state index contributed by atoms with van der Waals surface area (Å²) in [6, 6.07) is 0. The van der Waals surface area contributed by atoms with Crippen molar-refractivity contribution in [3.8, 4) is 0 Å². The van der Waals surface area contributed by atoms with Crippen LogP contribution in [0, 0.1) is 0 Å². The molecular formula is C18H30F9N2O+. The van der Waals surface area contributed by atoms with E-state index < -0.39 is 36.7 Å². The first-order valence-electron chi connectivity index (χ1n) is 9.52. The highest BCUT2D eigenvalue weighted by Crippen LogP contribution is 2.53. The van der Waals surface area contributed by atoms with E-state index in [1.807, 2.05) is 12.2 Å². The quantitative estimate of drug-likeness (QED) is 0.126. The zero-order valence-electron chi connectivity index (χ0n) is 17.2. The Kier molecular flexibility index (Phi) is 10.7. The van der Waals surface area contributed by atoms with Gasteiger partial charge in [0.1, 0.15) is 0 Å². The van der Waals surface area contributed by atoms with Crippen molar-refractivity contribution >= 4 is 0 Å². The topological polar surface area (TPSA) is 32.3 Å². The van der Waals surface area contributed by atoms with Gasteiger partial charge in [0.15, 0.2) is 6.23 Å². The van der Waals surface area contributed by atoms with Crippen LogP contribution in [-0.4, -0.2) is 73.5 Å². The third-order valence-electron chi connectivity index (χ3n) is 4.53. The molecule has 0 saturated heterocycles. The summed E-state index contributed by atoms with van der Waals surface area (Å²) in [6.07, 6.45) is -2.33. The van der Waals surface area contributed by atoms with E-state index in [0.717, 1.165) is 25.7 Å². The Hall–Kier alpha value is -1.01. The van der Waals surface area contributed by atoms with Gasteiger partial charge < -0.3 is 9.59 Å². The number of aliphatic hydroxyl groups is 1. The maximum atomic E-state index is 13.5. The first kappa shape index (κ1) is 29.0. The molecule has 1 unspecified atom stereocenters. The molecule has 0 aliphatic heterocycles. The van der Waals surface area contributed by atoms with Crippen LogP contribution in [0.25, 0.3) is 0 Å². The highest BCUT2D eigenvalue weighted by atomic mass is 19.4. The minimum Gasteiger partial charge on any atom is -0.372 e. The lowest BCUT2D eigenvalue weighted by Gasteiger charge is -2.36. The van der Waals surface area contributed by atoms with Crippen molar-refractivity contribution in [2.75, 3.05) is 33.7 Å². The Morgan fingerprint density at radius 3 is 1.93 bits per heavy atom. The molecule has 0 aromatic heterocycles. The van der Waals surface area contributed by atoms with Crippen molar-refractivity contribution in [2.24, 2.45) is 0 Å². The molecule has 0 aliphatic rings. The van der Waals surface area contributed by atoms with Gasteiger partial charge in [-0.05, 0) is 18.9 Å². The molecule has 2 N–H and O–H groups in total. The Morgan fingerprint density at radius 2 is 1.43 bits per heavy atom. The molecule has 0 bridgehead atoms. The molecule has 0 radical (unpaired) electrons. The number of unbranched alkanes of at least 4 members (excludes halogenated alkanes) is 3. The molecule has 0 aromatic carbocycles. The van der Waals surface area contributed by atoms with Crippen LogP contribution in [0.1, 0.15) is 39.0 Å². The van der Waals surface area contributed by atoms with E-state index >= 15 is 0 Å². The van der Waals surface area contributed by atoms with Gasteiger partial charge in [0.2, 0.25) is 0 Å². The molecule has 3 nitrogen and oxygen atoms in total. The minimum atomic E-state index is -7.02. The van der Waals surface area contributed by atoms with Crippen LogP contribution in [-0.2, 0) is 0 Å². The van der Waals surface area contributed by atoms with Gasteiger partial charge in [-0.25, -0.2) is 0 Å². The Labute approximate surface area is 170 Å². The third kappa shape index (κ3) is 7.60. The zero-order chi connectivity index (χ0) is 23.9. The number of allylic oxidation sites excluding steroid dienone is 1. The predicted octanol–water partition coefficient (Wildman–Crippen LogP) is 4.97. The number of hydrogen-bond acceptors (Lipinski definition) is 2. The van der Waals surface area contributed by atoms with E-state index in [1.54, 1.807) is 14.1 Å². The van der Waals surface area contributed by atoms with E-state index in [-0.39, 0.29) is 6.42 Å². The number of alkyl halides is 9. The number of halogens is 9. The van der Waals surface area contributed by atoms with Gasteiger partial charge in [-0.15, -0.1) is 0 Å². The summed E-state index contributed by atoms with van der Waals surface area (Å²) in [7, 11) is 3.61. The van der Waals surface area contributed by atoms with E-state index in [1.165, 1.54) is 5.32 Å². The van der Waals surface area contributed by atoms with Crippen LogP contribution in [0.5, 0.6) is 0 Å². The number of aliphatic hydroxyl groups excluding tert-OH is 1. The summed E-state index contributed by atoms with van der Waals surface area (Å²) in [6.45, 7) is 2.51. The third-order valence-corrected chi connectivity index (χ3v) is 4.53. The van der Waals surface area contributed by atoms with Gasteiger partial charge in [-0.2, -0.15) is 39.5 Å². The maximum Gasteiger partial charge on any atom is 0.460 e. The van der Waals surface area contributed by atoms with E-state index in [0.29, 0.717) is 17.6 Å². The molecule has 0 saturated carbocycles. The molecule has 0 amide bonds. The summed E-state index contributed by atoms with van der Waals surface area (Å²) < 4.78 is 116. The molecule has 12 heteroatoms. The first-order valence-corrected chi connectivity index (χ1v) is 9.52. The average Bonchev–Trinajstić information content (AvgIpc) is 2.60. The van der Waals surface area contributed by atoms with Crippen molar-refractivity contribution in [1.82, 2.24) is 5.32 Å². The summed E-state index contributed by atoms with van der Waals surface area (Å²) in [5.41, 5.74) is 0. The molecular weight excluding hydrogens is 431 g/mol. The number of nitrogens with one attached hydrogen (secondary N) is 1. The van der Waals surface area contributed by atoms with Crippen LogP contribution in [0.15, 0.2) is 12.2 Å². The molecule has 30 heavy (non-hydrogen) atoms. The second-order valence-electron chi connectivity index (χ2n) is 7.79. The first-order chi connectivity index (χ1) is 13.4. The highest BCUT2D eigenvalue weighted by molar-refractivity contribution is 5.02. The van der Waals surface area contributed by atoms with Crippen molar-refractivity contribution < 1.29 is 49.1 Å². The van der Waals surface area contributed by atoms with Gasteiger partial charge in [-0.3, -0.25) is 5.32 Å². The minimum absolute atomic E-state index is 0.0745. The van der Waals surface area contributed by atoms with Gasteiger partial charge in [0, 0.05) is 13.0 Å². The highest BCUT2D eigenvalue weighted by Gasteiger charge is 2.83. The van der Waals surface area contributed by atoms with E-state index in [4.69, 9.17) is 5.11 Å². The number of quaternary nitrogens is 1. The molecule has 0 heterocycles. The molecule has 0 rings (SSSR count). The SMILES string of the molecule is CCCCC/C=C/C[N+](C)(C)CCCNC(O)C(F)(F)C(F)(F)C(F)(F)C(F)(F)F. The summed E-state index contributed by atoms with van der Waals surface area (Å²) in [4.78, 5) is 0. The van der Waals surface area contributed by atoms with Crippen LogP contribution in [0.4, 0.5) is 39.5 Å². The van der Waals surface area contributed by atoms with Crippen molar-refractivity contribution in [1.29, 1.82) is 0 Å². The number of likely N-dealkylation sites (N-methyl/N-ethyl adjacent to an activating group) is 1. The molecule has 180 valence electrons. The number of rotatable bonds is 14. The summed E-state index contributed by atoms with van der Waals surface area (Å²) in [5, 5.41) is 10.7. The fraction of sp³-hybridized carbons (Fsp3) is 0.889. The largest absolute Gasteiger partial charge is 0.460 e. The maximum absolute atomic E-state index is 13.5. The molecule has 0 spiro atoms.